The summed E-state index contributed by atoms with van der Waals surface area (Å²) in [5.41, 5.74) is 1.30. The number of nitrogens with one attached hydrogen (secondary N) is 1. The van der Waals surface area contributed by atoms with Crippen molar-refractivity contribution in [2.75, 3.05) is 20.2 Å². The van der Waals surface area contributed by atoms with Crippen LogP contribution >= 0.6 is 0 Å². The van der Waals surface area contributed by atoms with Gasteiger partial charge in [-0.15, -0.1) is 0 Å². The molecule has 1 aliphatic heterocycles. The third-order valence-corrected chi connectivity index (χ3v) is 2.84. The maximum atomic E-state index is 10.2. The number of aliphatic hydroxyl groups is 1. The van der Waals surface area contributed by atoms with Crippen LogP contribution in [0.1, 0.15) is 11.1 Å². The molecule has 0 spiro atoms. The predicted octanol–water partition coefficient (Wildman–Crippen LogP) is 0.794. The molecular formula is C11H15NO2. The Kier molecular flexibility index (Phi) is 2.21. The van der Waals surface area contributed by atoms with E-state index in [9.17, 15) is 5.11 Å². The average Bonchev–Trinajstić information content (AvgIpc) is 2.15. The van der Waals surface area contributed by atoms with Gasteiger partial charge in [-0.05, 0) is 24.1 Å². The van der Waals surface area contributed by atoms with Gasteiger partial charge in [-0.3, -0.25) is 0 Å². The van der Waals surface area contributed by atoms with Crippen molar-refractivity contribution in [3.63, 3.8) is 0 Å². The summed E-state index contributed by atoms with van der Waals surface area (Å²) in [5.74, 6) is 0.836. The lowest BCUT2D eigenvalue weighted by atomic mass is 9.85. The van der Waals surface area contributed by atoms with Gasteiger partial charge in [0.25, 0.3) is 0 Å². The lowest BCUT2D eigenvalue weighted by Gasteiger charge is -2.39. The number of hydrogen-bond acceptors (Lipinski definition) is 3. The summed E-state index contributed by atoms with van der Waals surface area (Å²) >= 11 is 0. The number of methoxy groups -OCH3 is 1. The van der Waals surface area contributed by atoms with Crippen LogP contribution in [0, 0.1) is 6.92 Å². The van der Waals surface area contributed by atoms with Crippen molar-refractivity contribution in [3.05, 3.63) is 29.3 Å². The van der Waals surface area contributed by atoms with Gasteiger partial charge in [-0.1, -0.05) is 12.1 Å². The van der Waals surface area contributed by atoms with Gasteiger partial charge in [0.15, 0.2) is 0 Å². The molecule has 0 atom stereocenters. The molecule has 0 saturated carbocycles. The summed E-state index contributed by atoms with van der Waals surface area (Å²) in [6, 6.07) is 5.78. The van der Waals surface area contributed by atoms with Gasteiger partial charge >= 0.3 is 0 Å². The topological polar surface area (TPSA) is 41.5 Å². The Hall–Kier alpha value is -1.06. The molecule has 0 amide bonds. The molecule has 76 valence electrons. The molecule has 2 rings (SSSR count). The maximum absolute atomic E-state index is 10.2. The third-order valence-electron chi connectivity index (χ3n) is 2.84. The molecule has 3 nitrogen and oxygen atoms in total. The smallest absolute Gasteiger partial charge is 0.122 e. The van der Waals surface area contributed by atoms with E-state index >= 15 is 0 Å². The second kappa shape index (κ2) is 3.26. The Balaban J connectivity index is 2.43. The van der Waals surface area contributed by atoms with E-state index < -0.39 is 5.60 Å². The fourth-order valence-electron chi connectivity index (χ4n) is 1.89. The van der Waals surface area contributed by atoms with Crippen LogP contribution in [-0.2, 0) is 5.60 Å². The Morgan fingerprint density at radius 1 is 1.43 bits per heavy atom. The van der Waals surface area contributed by atoms with E-state index in [0.717, 1.165) is 16.9 Å². The van der Waals surface area contributed by atoms with Crippen LogP contribution in [-0.4, -0.2) is 25.3 Å². The molecule has 1 saturated heterocycles. The highest BCUT2D eigenvalue weighted by Gasteiger charge is 2.37. The van der Waals surface area contributed by atoms with E-state index in [2.05, 4.69) is 5.32 Å². The van der Waals surface area contributed by atoms with Crippen molar-refractivity contribution in [1.82, 2.24) is 5.32 Å². The monoisotopic (exact) mass is 193 g/mol. The van der Waals surface area contributed by atoms with Gasteiger partial charge < -0.3 is 15.2 Å². The van der Waals surface area contributed by atoms with E-state index in [1.165, 1.54) is 0 Å². The van der Waals surface area contributed by atoms with Crippen molar-refractivity contribution < 1.29 is 9.84 Å². The summed E-state index contributed by atoms with van der Waals surface area (Å²) < 4.78 is 5.22. The van der Waals surface area contributed by atoms with E-state index in [0.29, 0.717) is 13.1 Å². The van der Waals surface area contributed by atoms with Crippen LogP contribution in [0.5, 0.6) is 5.75 Å². The highest BCUT2D eigenvalue weighted by Crippen LogP contribution is 2.32. The Bertz CT molecular complexity index is 345. The maximum Gasteiger partial charge on any atom is 0.122 e. The first-order valence-corrected chi connectivity index (χ1v) is 4.74. The highest BCUT2D eigenvalue weighted by molar-refractivity contribution is 5.43. The van der Waals surface area contributed by atoms with Gasteiger partial charge in [0.1, 0.15) is 11.4 Å². The summed E-state index contributed by atoms with van der Waals surface area (Å²) in [6.45, 7) is 3.23. The molecule has 14 heavy (non-hydrogen) atoms. The van der Waals surface area contributed by atoms with Crippen LogP contribution in [0.2, 0.25) is 0 Å². The summed E-state index contributed by atoms with van der Waals surface area (Å²) in [7, 11) is 1.65. The normalized spacial score (nSPS) is 18.8. The summed E-state index contributed by atoms with van der Waals surface area (Å²) in [5, 5.41) is 13.2. The SMILES string of the molecule is COc1cccc(C2(O)CNC2)c1C. The van der Waals surface area contributed by atoms with Crippen molar-refractivity contribution in [3.8, 4) is 5.75 Å². The van der Waals surface area contributed by atoms with Crippen molar-refractivity contribution in [2.24, 2.45) is 0 Å². The molecule has 1 heterocycles. The first-order valence-electron chi connectivity index (χ1n) is 4.74. The minimum Gasteiger partial charge on any atom is -0.496 e. The van der Waals surface area contributed by atoms with Gasteiger partial charge in [0.2, 0.25) is 0 Å². The quantitative estimate of drug-likeness (QED) is 0.729. The molecular weight excluding hydrogens is 178 g/mol. The molecule has 0 radical (unpaired) electrons. The molecule has 1 aliphatic rings. The number of hydrogen-bond donors (Lipinski definition) is 2. The molecule has 3 heteroatoms. The van der Waals surface area contributed by atoms with Crippen molar-refractivity contribution >= 4 is 0 Å². The molecule has 0 unspecified atom stereocenters. The third kappa shape index (κ3) is 1.29. The van der Waals surface area contributed by atoms with Gasteiger partial charge in [0.05, 0.1) is 7.11 Å². The van der Waals surface area contributed by atoms with E-state index in [1.54, 1.807) is 7.11 Å². The minimum absolute atomic E-state index is 0.626. The summed E-state index contributed by atoms with van der Waals surface area (Å²) in [4.78, 5) is 0. The van der Waals surface area contributed by atoms with Crippen LogP contribution in [0.25, 0.3) is 0 Å². The standard InChI is InChI=1S/C11H15NO2/c1-8-9(11(13)6-12-7-11)4-3-5-10(8)14-2/h3-5,12-13H,6-7H2,1-2H3. The van der Waals surface area contributed by atoms with E-state index in [4.69, 9.17) is 4.74 Å². The molecule has 0 aromatic heterocycles. The lowest BCUT2D eigenvalue weighted by molar-refractivity contribution is -0.0153. The highest BCUT2D eigenvalue weighted by atomic mass is 16.5. The largest absolute Gasteiger partial charge is 0.496 e. The van der Waals surface area contributed by atoms with Crippen LogP contribution in [0.4, 0.5) is 0 Å². The molecule has 1 fully saturated rings. The second-order valence-corrected chi connectivity index (χ2v) is 3.77. The number of benzene rings is 1. The number of β-amino-alcohol motifs (C(OH)–C–C–N with tert-alkyl or cyclic N) is 1. The van der Waals surface area contributed by atoms with E-state index in [-0.39, 0.29) is 0 Å². The fraction of sp³-hybridized carbons (Fsp3) is 0.455. The molecule has 1 aromatic carbocycles. The fourth-order valence-corrected chi connectivity index (χ4v) is 1.89. The first-order chi connectivity index (χ1) is 6.67. The summed E-state index contributed by atoms with van der Waals surface area (Å²) in [6.07, 6.45) is 0. The number of rotatable bonds is 2. The Morgan fingerprint density at radius 2 is 2.14 bits per heavy atom. The Morgan fingerprint density at radius 3 is 2.64 bits per heavy atom. The molecule has 1 aromatic rings. The zero-order chi connectivity index (χ0) is 10.2. The molecule has 2 N–H and O–H groups in total. The zero-order valence-corrected chi connectivity index (χ0v) is 8.50. The van der Waals surface area contributed by atoms with E-state index in [1.807, 2.05) is 25.1 Å². The number of ether oxygens (including phenoxy) is 1. The van der Waals surface area contributed by atoms with Gasteiger partial charge in [-0.25, -0.2) is 0 Å². The van der Waals surface area contributed by atoms with Gasteiger partial charge in [0, 0.05) is 13.1 Å². The van der Waals surface area contributed by atoms with Crippen molar-refractivity contribution in [1.29, 1.82) is 0 Å². The second-order valence-electron chi connectivity index (χ2n) is 3.77. The molecule has 0 bridgehead atoms. The zero-order valence-electron chi connectivity index (χ0n) is 8.50. The predicted molar refractivity (Wildman–Crippen MR) is 54.5 cm³/mol. The Labute approximate surface area is 83.7 Å². The average molecular weight is 193 g/mol. The van der Waals surface area contributed by atoms with Gasteiger partial charge in [-0.2, -0.15) is 0 Å². The lowest BCUT2D eigenvalue weighted by Crippen LogP contribution is -2.57. The van der Waals surface area contributed by atoms with Crippen LogP contribution < -0.4 is 10.1 Å². The molecule has 0 aliphatic carbocycles. The van der Waals surface area contributed by atoms with Crippen LogP contribution in [0.15, 0.2) is 18.2 Å². The first kappa shape index (κ1) is 9.49. The minimum atomic E-state index is -0.696. The van der Waals surface area contributed by atoms with Crippen molar-refractivity contribution in [2.45, 2.75) is 12.5 Å². The van der Waals surface area contributed by atoms with Crippen LogP contribution in [0.3, 0.4) is 0 Å².